The molecule has 36 heavy (non-hydrogen) atoms. The Hall–Kier alpha value is -3.45. The standard InChI is InChI=1S/C24H28FN5O6/c1-24(22(32)26-9-10-31)13-35-21(36-14-24)20-29-18(15-3-5-16(25)6-4-15)19(30-20)17-7-8-27-23(28-17)34-12-11-33-2/h3-8,21,31H,9-14H2,1-2H3,(H,26,32)(H,29,30). The van der Waals surface area contributed by atoms with Crippen molar-refractivity contribution in [1.82, 2.24) is 25.3 Å². The number of carbonyl (C=O) groups is 1. The Kier molecular flexibility index (Phi) is 8.21. The molecule has 1 aliphatic rings. The Bertz CT molecular complexity index is 1160. The average Bonchev–Trinajstić information content (AvgIpc) is 3.34. The van der Waals surface area contributed by atoms with Gasteiger partial charge < -0.3 is 34.4 Å². The summed E-state index contributed by atoms with van der Waals surface area (Å²) in [4.78, 5) is 28.9. The Balaban J connectivity index is 1.61. The van der Waals surface area contributed by atoms with Crippen molar-refractivity contribution in [3.63, 3.8) is 0 Å². The Morgan fingerprint density at radius 3 is 2.67 bits per heavy atom. The number of rotatable bonds is 10. The fraction of sp³-hybridized carbons (Fsp3) is 0.417. The van der Waals surface area contributed by atoms with Crippen LogP contribution >= 0.6 is 0 Å². The van der Waals surface area contributed by atoms with E-state index < -0.39 is 11.7 Å². The maximum atomic E-state index is 13.6. The summed E-state index contributed by atoms with van der Waals surface area (Å²) < 4.78 is 35.8. The number of halogens is 1. The Morgan fingerprint density at radius 2 is 1.97 bits per heavy atom. The molecule has 0 atom stereocenters. The van der Waals surface area contributed by atoms with E-state index in [0.29, 0.717) is 35.1 Å². The van der Waals surface area contributed by atoms with E-state index in [1.54, 1.807) is 38.4 Å². The number of aromatic nitrogens is 4. The summed E-state index contributed by atoms with van der Waals surface area (Å²) in [6, 6.07) is 7.77. The summed E-state index contributed by atoms with van der Waals surface area (Å²) in [7, 11) is 1.57. The number of aliphatic hydroxyl groups excluding tert-OH is 1. The number of amides is 1. The van der Waals surface area contributed by atoms with Gasteiger partial charge >= 0.3 is 6.01 Å². The first-order valence-electron chi connectivity index (χ1n) is 11.4. The van der Waals surface area contributed by atoms with Crippen LogP contribution in [0.4, 0.5) is 4.39 Å². The first-order chi connectivity index (χ1) is 17.4. The van der Waals surface area contributed by atoms with E-state index in [4.69, 9.17) is 24.1 Å². The van der Waals surface area contributed by atoms with Crippen LogP contribution in [0.15, 0.2) is 36.5 Å². The third-order valence-electron chi connectivity index (χ3n) is 5.52. The summed E-state index contributed by atoms with van der Waals surface area (Å²) in [6.45, 7) is 2.55. The molecule has 0 radical (unpaired) electrons. The van der Waals surface area contributed by atoms with Gasteiger partial charge in [-0.2, -0.15) is 4.98 Å². The average molecular weight is 502 g/mol. The van der Waals surface area contributed by atoms with Crippen LogP contribution in [-0.2, 0) is 19.0 Å². The van der Waals surface area contributed by atoms with Gasteiger partial charge in [-0.3, -0.25) is 4.79 Å². The van der Waals surface area contributed by atoms with Gasteiger partial charge in [-0.25, -0.2) is 14.4 Å². The lowest BCUT2D eigenvalue weighted by Crippen LogP contribution is -2.49. The predicted molar refractivity (Wildman–Crippen MR) is 125 cm³/mol. The number of hydrogen-bond acceptors (Lipinski definition) is 9. The van der Waals surface area contributed by atoms with E-state index in [2.05, 4.69) is 25.3 Å². The van der Waals surface area contributed by atoms with Crippen molar-refractivity contribution in [1.29, 1.82) is 0 Å². The predicted octanol–water partition coefficient (Wildman–Crippen LogP) is 1.86. The zero-order valence-electron chi connectivity index (χ0n) is 20.0. The Morgan fingerprint density at radius 1 is 1.22 bits per heavy atom. The molecule has 12 heteroatoms. The van der Waals surface area contributed by atoms with Gasteiger partial charge in [-0.05, 0) is 37.3 Å². The van der Waals surface area contributed by atoms with Crippen molar-refractivity contribution in [3.05, 3.63) is 48.2 Å². The highest BCUT2D eigenvalue weighted by Crippen LogP contribution is 2.35. The minimum absolute atomic E-state index is 0.0852. The van der Waals surface area contributed by atoms with Crippen LogP contribution in [0.5, 0.6) is 6.01 Å². The van der Waals surface area contributed by atoms with Crippen molar-refractivity contribution in [2.45, 2.75) is 13.2 Å². The lowest BCUT2D eigenvalue weighted by molar-refractivity contribution is -0.231. The first-order valence-corrected chi connectivity index (χ1v) is 11.4. The van der Waals surface area contributed by atoms with Crippen LogP contribution in [0.25, 0.3) is 22.6 Å². The van der Waals surface area contributed by atoms with Crippen LogP contribution < -0.4 is 10.1 Å². The summed E-state index contributed by atoms with van der Waals surface area (Å²) in [5.41, 5.74) is 1.28. The molecule has 1 aromatic carbocycles. The van der Waals surface area contributed by atoms with E-state index >= 15 is 0 Å². The molecule has 1 saturated heterocycles. The van der Waals surface area contributed by atoms with Gasteiger partial charge in [0.25, 0.3) is 0 Å². The number of aromatic amines is 1. The number of H-pyrrole nitrogens is 1. The van der Waals surface area contributed by atoms with Crippen molar-refractivity contribution >= 4 is 5.91 Å². The lowest BCUT2D eigenvalue weighted by atomic mass is 9.91. The van der Waals surface area contributed by atoms with Crippen LogP contribution in [0.3, 0.4) is 0 Å². The summed E-state index contributed by atoms with van der Waals surface area (Å²) in [5.74, 6) is -0.281. The molecule has 0 aliphatic carbocycles. The second kappa shape index (κ2) is 11.5. The fourth-order valence-corrected chi connectivity index (χ4v) is 3.55. The van der Waals surface area contributed by atoms with Gasteiger partial charge in [0.1, 0.15) is 12.4 Å². The number of nitrogens with zero attached hydrogens (tertiary/aromatic N) is 3. The minimum atomic E-state index is -0.915. The minimum Gasteiger partial charge on any atom is -0.461 e. The van der Waals surface area contributed by atoms with Crippen molar-refractivity contribution in [3.8, 4) is 28.7 Å². The van der Waals surface area contributed by atoms with Crippen molar-refractivity contribution in [2.75, 3.05) is 46.7 Å². The molecule has 0 unspecified atom stereocenters. The zero-order chi connectivity index (χ0) is 25.5. The molecule has 3 N–H and O–H groups in total. The van der Waals surface area contributed by atoms with Crippen molar-refractivity contribution < 1.29 is 33.2 Å². The second-order valence-corrected chi connectivity index (χ2v) is 8.41. The third kappa shape index (κ3) is 5.85. The number of ether oxygens (including phenoxy) is 4. The van der Waals surface area contributed by atoms with Crippen LogP contribution in [0.2, 0.25) is 0 Å². The number of imidazole rings is 1. The molecular formula is C24H28FN5O6. The van der Waals surface area contributed by atoms with E-state index in [1.807, 2.05) is 0 Å². The van der Waals surface area contributed by atoms with Crippen molar-refractivity contribution in [2.24, 2.45) is 5.41 Å². The number of carbonyl (C=O) groups excluding carboxylic acids is 1. The van der Waals surface area contributed by atoms with Crippen LogP contribution in [0.1, 0.15) is 19.0 Å². The SMILES string of the molecule is COCCOc1nccc(-c2[nH]c(C3OCC(C)(C(=O)NCCO)CO3)nc2-c2ccc(F)cc2)n1. The molecule has 11 nitrogen and oxygen atoms in total. The quantitative estimate of drug-likeness (QED) is 0.355. The molecule has 1 fully saturated rings. The van der Waals surface area contributed by atoms with Crippen LogP contribution in [-0.4, -0.2) is 77.6 Å². The fourth-order valence-electron chi connectivity index (χ4n) is 3.55. The number of aliphatic hydroxyl groups is 1. The van der Waals surface area contributed by atoms with Crippen LogP contribution in [0, 0.1) is 11.2 Å². The zero-order valence-corrected chi connectivity index (χ0v) is 20.0. The highest BCUT2D eigenvalue weighted by atomic mass is 19.1. The number of methoxy groups -OCH3 is 1. The molecule has 3 aromatic rings. The smallest absolute Gasteiger partial charge is 0.317 e. The van der Waals surface area contributed by atoms with Gasteiger partial charge in [0.2, 0.25) is 12.2 Å². The molecule has 0 bridgehead atoms. The highest BCUT2D eigenvalue weighted by molar-refractivity contribution is 5.82. The molecular weight excluding hydrogens is 473 g/mol. The molecule has 192 valence electrons. The van der Waals surface area contributed by atoms with Gasteiger partial charge in [0.15, 0.2) is 5.82 Å². The molecule has 4 rings (SSSR count). The van der Waals surface area contributed by atoms with E-state index in [-0.39, 0.29) is 50.7 Å². The summed E-state index contributed by atoms with van der Waals surface area (Å²) in [6.07, 6.45) is 0.694. The molecule has 2 aromatic heterocycles. The number of nitrogens with one attached hydrogen (secondary N) is 2. The van der Waals surface area contributed by atoms with E-state index in [0.717, 1.165) is 0 Å². The normalized spacial score (nSPS) is 19.7. The monoisotopic (exact) mass is 501 g/mol. The molecule has 1 amide bonds. The topological polar surface area (TPSA) is 141 Å². The Labute approximate surface area is 207 Å². The summed E-state index contributed by atoms with van der Waals surface area (Å²) in [5, 5.41) is 11.6. The molecule has 0 spiro atoms. The molecule has 1 aliphatic heterocycles. The second-order valence-electron chi connectivity index (χ2n) is 8.41. The maximum absolute atomic E-state index is 13.6. The van der Waals surface area contributed by atoms with Gasteiger partial charge in [0, 0.05) is 25.4 Å². The molecule has 3 heterocycles. The van der Waals surface area contributed by atoms with E-state index in [9.17, 15) is 9.18 Å². The van der Waals surface area contributed by atoms with Gasteiger partial charge in [0.05, 0.1) is 48.9 Å². The third-order valence-corrected chi connectivity index (χ3v) is 5.52. The molecule has 0 saturated carbocycles. The highest BCUT2D eigenvalue weighted by Gasteiger charge is 2.40. The first kappa shape index (κ1) is 25.6. The maximum Gasteiger partial charge on any atom is 0.317 e. The summed E-state index contributed by atoms with van der Waals surface area (Å²) >= 11 is 0. The number of benzene rings is 1. The van der Waals surface area contributed by atoms with E-state index in [1.165, 1.54) is 12.1 Å². The number of hydrogen-bond donors (Lipinski definition) is 3. The van der Waals surface area contributed by atoms with Gasteiger partial charge in [-0.15, -0.1) is 0 Å². The largest absolute Gasteiger partial charge is 0.461 e. The van der Waals surface area contributed by atoms with Gasteiger partial charge in [-0.1, -0.05) is 0 Å². The lowest BCUT2D eigenvalue weighted by Gasteiger charge is -2.35.